The summed E-state index contributed by atoms with van der Waals surface area (Å²) in [6.45, 7) is 5.71. The molecule has 0 amide bonds. The zero-order chi connectivity index (χ0) is 11.5. The SMILES string of the molecule is CC1CN(C(C#N)c2ccc[nH]2)CC(C)O1. The largest absolute Gasteiger partial charge is 0.373 e. The van der Waals surface area contributed by atoms with Gasteiger partial charge < -0.3 is 9.72 Å². The molecule has 1 aromatic heterocycles. The Morgan fingerprint density at radius 1 is 1.50 bits per heavy atom. The highest BCUT2D eigenvalue weighted by atomic mass is 16.5. The van der Waals surface area contributed by atoms with E-state index in [1.54, 1.807) is 0 Å². The van der Waals surface area contributed by atoms with E-state index in [0.717, 1.165) is 18.8 Å². The predicted molar refractivity (Wildman–Crippen MR) is 60.7 cm³/mol. The molecule has 0 saturated carbocycles. The monoisotopic (exact) mass is 219 g/mol. The van der Waals surface area contributed by atoms with E-state index in [-0.39, 0.29) is 18.2 Å². The van der Waals surface area contributed by atoms with Crippen LogP contribution in [0.1, 0.15) is 25.6 Å². The number of nitriles is 1. The molecule has 0 bridgehead atoms. The molecule has 1 saturated heterocycles. The smallest absolute Gasteiger partial charge is 0.138 e. The molecule has 1 aromatic rings. The summed E-state index contributed by atoms with van der Waals surface area (Å²) in [5.41, 5.74) is 0.962. The first-order valence-electron chi connectivity index (χ1n) is 5.63. The van der Waals surface area contributed by atoms with Crippen molar-refractivity contribution in [3.63, 3.8) is 0 Å². The number of hydrogen-bond acceptors (Lipinski definition) is 3. The summed E-state index contributed by atoms with van der Waals surface area (Å²) < 4.78 is 5.67. The van der Waals surface area contributed by atoms with Gasteiger partial charge in [-0.05, 0) is 26.0 Å². The number of rotatable bonds is 2. The number of ether oxygens (including phenoxy) is 1. The van der Waals surface area contributed by atoms with Crippen molar-refractivity contribution in [1.29, 1.82) is 5.26 Å². The topological polar surface area (TPSA) is 52.0 Å². The molecular weight excluding hydrogens is 202 g/mol. The fourth-order valence-electron chi connectivity index (χ4n) is 2.29. The third kappa shape index (κ3) is 2.26. The molecule has 3 unspecified atom stereocenters. The minimum atomic E-state index is -0.191. The summed E-state index contributed by atoms with van der Waals surface area (Å²) in [4.78, 5) is 5.28. The molecule has 1 aliphatic heterocycles. The van der Waals surface area contributed by atoms with Gasteiger partial charge in [-0.3, -0.25) is 4.90 Å². The van der Waals surface area contributed by atoms with Gasteiger partial charge >= 0.3 is 0 Å². The molecule has 0 radical (unpaired) electrons. The van der Waals surface area contributed by atoms with E-state index in [0.29, 0.717) is 0 Å². The quantitative estimate of drug-likeness (QED) is 0.823. The van der Waals surface area contributed by atoms with E-state index in [2.05, 4.69) is 16.0 Å². The predicted octanol–water partition coefficient (Wildman–Crippen LogP) is 1.69. The summed E-state index contributed by atoms with van der Waals surface area (Å²) in [5.74, 6) is 0. The van der Waals surface area contributed by atoms with Crippen LogP contribution in [0.5, 0.6) is 0 Å². The van der Waals surface area contributed by atoms with Crippen molar-refractivity contribution in [2.24, 2.45) is 0 Å². The van der Waals surface area contributed by atoms with Crippen LogP contribution in [-0.4, -0.2) is 35.2 Å². The van der Waals surface area contributed by atoms with Crippen LogP contribution < -0.4 is 0 Å². The van der Waals surface area contributed by atoms with E-state index in [9.17, 15) is 5.26 Å². The molecule has 0 aliphatic carbocycles. The van der Waals surface area contributed by atoms with Gasteiger partial charge in [0.1, 0.15) is 6.04 Å². The Kier molecular flexibility index (Phi) is 3.28. The lowest BCUT2D eigenvalue weighted by atomic mass is 10.1. The van der Waals surface area contributed by atoms with Gasteiger partial charge in [-0.1, -0.05) is 0 Å². The fraction of sp³-hybridized carbons (Fsp3) is 0.583. The summed E-state index contributed by atoms with van der Waals surface area (Å²) in [7, 11) is 0. The van der Waals surface area contributed by atoms with Crippen LogP contribution in [0.4, 0.5) is 0 Å². The zero-order valence-electron chi connectivity index (χ0n) is 9.68. The number of morpholine rings is 1. The Morgan fingerprint density at radius 2 is 2.19 bits per heavy atom. The summed E-state index contributed by atoms with van der Waals surface area (Å²) in [6, 6.07) is 6.04. The third-order valence-corrected chi connectivity index (χ3v) is 2.85. The van der Waals surface area contributed by atoms with Crippen LogP contribution >= 0.6 is 0 Å². The number of aromatic amines is 1. The molecule has 86 valence electrons. The van der Waals surface area contributed by atoms with Crippen LogP contribution in [0, 0.1) is 11.3 Å². The van der Waals surface area contributed by atoms with E-state index < -0.39 is 0 Å². The summed E-state index contributed by atoms with van der Waals surface area (Å²) >= 11 is 0. The van der Waals surface area contributed by atoms with Crippen molar-refractivity contribution >= 4 is 0 Å². The number of nitrogens with zero attached hydrogens (tertiary/aromatic N) is 2. The van der Waals surface area contributed by atoms with Crippen LogP contribution in [0.2, 0.25) is 0 Å². The van der Waals surface area contributed by atoms with Gasteiger partial charge in [0.15, 0.2) is 0 Å². The molecule has 1 N–H and O–H groups in total. The van der Waals surface area contributed by atoms with Crippen molar-refractivity contribution in [3.05, 3.63) is 24.0 Å². The molecule has 0 spiro atoms. The third-order valence-electron chi connectivity index (χ3n) is 2.85. The Bertz CT molecular complexity index is 358. The van der Waals surface area contributed by atoms with Crippen molar-refractivity contribution in [3.8, 4) is 6.07 Å². The highest BCUT2D eigenvalue weighted by Gasteiger charge is 2.29. The Labute approximate surface area is 95.8 Å². The Morgan fingerprint density at radius 3 is 2.69 bits per heavy atom. The van der Waals surface area contributed by atoms with Crippen LogP contribution in [-0.2, 0) is 4.74 Å². The average Bonchev–Trinajstić information content (AvgIpc) is 2.70. The van der Waals surface area contributed by atoms with Gasteiger partial charge in [0.05, 0.1) is 18.3 Å². The van der Waals surface area contributed by atoms with Crippen LogP contribution in [0.3, 0.4) is 0 Å². The minimum Gasteiger partial charge on any atom is -0.373 e. The summed E-state index contributed by atoms with van der Waals surface area (Å²) in [5, 5.41) is 9.27. The molecule has 1 fully saturated rings. The van der Waals surface area contributed by atoms with Crippen molar-refractivity contribution in [1.82, 2.24) is 9.88 Å². The normalized spacial score (nSPS) is 28.6. The Balaban J connectivity index is 2.13. The van der Waals surface area contributed by atoms with Crippen molar-refractivity contribution in [2.45, 2.75) is 32.1 Å². The highest BCUT2D eigenvalue weighted by Crippen LogP contribution is 2.22. The van der Waals surface area contributed by atoms with E-state index in [4.69, 9.17) is 4.74 Å². The van der Waals surface area contributed by atoms with Gasteiger partial charge in [0, 0.05) is 25.0 Å². The first-order valence-corrected chi connectivity index (χ1v) is 5.63. The van der Waals surface area contributed by atoms with Gasteiger partial charge in [-0.2, -0.15) is 5.26 Å². The van der Waals surface area contributed by atoms with E-state index >= 15 is 0 Å². The van der Waals surface area contributed by atoms with Crippen molar-refractivity contribution < 1.29 is 4.74 Å². The van der Waals surface area contributed by atoms with Gasteiger partial charge in [-0.25, -0.2) is 0 Å². The lowest BCUT2D eigenvalue weighted by Crippen LogP contribution is -2.46. The molecule has 2 rings (SSSR count). The van der Waals surface area contributed by atoms with Gasteiger partial charge in [0.2, 0.25) is 0 Å². The average molecular weight is 219 g/mol. The second kappa shape index (κ2) is 4.69. The zero-order valence-corrected chi connectivity index (χ0v) is 9.68. The summed E-state index contributed by atoms with van der Waals surface area (Å²) in [6.07, 6.45) is 2.23. The lowest BCUT2D eigenvalue weighted by Gasteiger charge is -2.37. The second-order valence-corrected chi connectivity index (χ2v) is 4.37. The molecule has 4 heteroatoms. The highest BCUT2D eigenvalue weighted by molar-refractivity contribution is 5.16. The number of nitrogens with one attached hydrogen (secondary N) is 1. The van der Waals surface area contributed by atoms with E-state index in [1.807, 2.05) is 32.2 Å². The molecule has 16 heavy (non-hydrogen) atoms. The first kappa shape index (κ1) is 11.2. The second-order valence-electron chi connectivity index (χ2n) is 4.37. The van der Waals surface area contributed by atoms with Gasteiger partial charge in [0.25, 0.3) is 0 Å². The standard InChI is InChI=1S/C12H17N3O/c1-9-7-15(8-10(2)16-9)12(6-13)11-4-3-5-14-11/h3-5,9-10,12,14H,7-8H2,1-2H3. The maximum Gasteiger partial charge on any atom is 0.138 e. The molecule has 2 heterocycles. The maximum absolute atomic E-state index is 9.27. The Hall–Kier alpha value is -1.31. The van der Waals surface area contributed by atoms with Crippen molar-refractivity contribution in [2.75, 3.05) is 13.1 Å². The van der Waals surface area contributed by atoms with Crippen LogP contribution in [0.15, 0.2) is 18.3 Å². The molecule has 0 aromatic carbocycles. The van der Waals surface area contributed by atoms with E-state index in [1.165, 1.54) is 0 Å². The number of H-pyrrole nitrogens is 1. The van der Waals surface area contributed by atoms with Crippen LogP contribution in [0.25, 0.3) is 0 Å². The number of hydrogen-bond donors (Lipinski definition) is 1. The molecule has 3 atom stereocenters. The lowest BCUT2D eigenvalue weighted by molar-refractivity contribution is -0.0753. The molecular formula is C12H17N3O. The molecule has 1 aliphatic rings. The fourth-order valence-corrected chi connectivity index (χ4v) is 2.29. The maximum atomic E-state index is 9.27. The minimum absolute atomic E-state index is 0.189. The number of aromatic nitrogens is 1. The van der Waals surface area contributed by atoms with Gasteiger partial charge in [-0.15, -0.1) is 0 Å². The molecule has 4 nitrogen and oxygen atoms in total. The first-order chi connectivity index (χ1) is 7.70.